The van der Waals surface area contributed by atoms with Crippen LogP contribution in [0.2, 0.25) is 0 Å². The summed E-state index contributed by atoms with van der Waals surface area (Å²) in [5.41, 5.74) is -1.85. The molecule has 0 N–H and O–H groups in total. The Kier molecular flexibility index (Phi) is 7.06. The topological polar surface area (TPSA) is 88.1 Å². The van der Waals surface area contributed by atoms with Gasteiger partial charge < -0.3 is 23.5 Å². The van der Waals surface area contributed by atoms with Crippen molar-refractivity contribution in [2.75, 3.05) is 28.4 Å². The zero-order valence-electron chi connectivity index (χ0n) is 18.2. The Bertz CT molecular complexity index is 1000. The lowest BCUT2D eigenvalue weighted by Crippen LogP contribution is -2.21. The number of rotatable bonds is 9. The lowest BCUT2D eigenvalue weighted by Gasteiger charge is -2.24. The van der Waals surface area contributed by atoms with Gasteiger partial charge in [-0.15, -0.1) is 0 Å². The minimum Gasteiger partial charge on any atom is -0.497 e. The molecule has 1 fully saturated rings. The molecule has 0 aromatic heterocycles. The predicted octanol–water partition coefficient (Wildman–Crippen LogP) is 5.01. The van der Waals surface area contributed by atoms with E-state index < -0.39 is 23.8 Å². The molecule has 0 amide bonds. The van der Waals surface area contributed by atoms with E-state index in [0.717, 1.165) is 12.8 Å². The second-order valence-corrected chi connectivity index (χ2v) is 10.2. The van der Waals surface area contributed by atoms with Gasteiger partial charge in [0.25, 0.3) is 0 Å². The Morgan fingerprint density at radius 1 is 0.806 bits per heavy atom. The lowest BCUT2D eigenvalue weighted by molar-refractivity contribution is 0.103. The van der Waals surface area contributed by atoms with Gasteiger partial charge in [-0.2, -0.15) is 0 Å². The molecule has 2 aromatic carbocycles. The first-order valence-electron chi connectivity index (χ1n) is 10.0. The largest absolute Gasteiger partial charge is 0.497 e. The maximum absolute atomic E-state index is 14.5. The van der Waals surface area contributed by atoms with Crippen molar-refractivity contribution in [2.24, 2.45) is 0 Å². The Morgan fingerprint density at radius 3 is 1.90 bits per heavy atom. The van der Waals surface area contributed by atoms with Crippen LogP contribution in [-0.4, -0.2) is 45.1 Å². The fourth-order valence-electron chi connectivity index (χ4n) is 4.07. The fraction of sp³-hybridized carbons (Fsp3) is 0.391. The molecule has 0 saturated heterocycles. The fourth-order valence-corrected chi connectivity index (χ4v) is 7.11. The Morgan fingerprint density at radius 2 is 1.39 bits per heavy atom. The molecule has 1 unspecified atom stereocenters. The lowest BCUT2D eigenvalue weighted by atomic mass is 10.2. The van der Waals surface area contributed by atoms with Crippen molar-refractivity contribution >= 4 is 18.2 Å². The summed E-state index contributed by atoms with van der Waals surface area (Å²) in [6.45, 7) is 0. The number of hydrogen-bond acceptors (Lipinski definition) is 7. The van der Waals surface area contributed by atoms with Gasteiger partial charge in [-0.25, -0.2) is 0 Å². The van der Waals surface area contributed by atoms with Gasteiger partial charge in [0, 0.05) is 11.7 Å². The van der Waals surface area contributed by atoms with Crippen LogP contribution in [0.15, 0.2) is 36.4 Å². The quantitative estimate of drug-likeness (QED) is 0.501. The van der Waals surface area contributed by atoms with Gasteiger partial charge in [-0.1, -0.05) is 18.9 Å². The van der Waals surface area contributed by atoms with Gasteiger partial charge in [0.05, 0.1) is 34.0 Å². The summed E-state index contributed by atoms with van der Waals surface area (Å²) in [7, 11) is 1.65. The summed E-state index contributed by atoms with van der Waals surface area (Å²) in [4.78, 5) is 27.6. The molecule has 0 radical (unpaired) electrons. The Balaban J connectivity index is 2.19. The molecule has 31 heavy (non-hydrogen) atoms. The number of benzene rings is 2. The summed E-state index contributed by atoms with van der Waals surface area (Å²) in [5, 5.41) is 0. The first-order chi connectivity index (χ1) is 14.9. The standard InChI is InChI=1S/C23H27O7P/c1-27-15-12-13-17(20(14-15)30-4)22(24)31(26,16-8-5-6-9-16)23(25)21-18(28-2)10-7-11-19(21)29-3/h7,10-14,16H,5-6,8-9H2,1-4H3. The van der Waals surface area contributed by atoms with Gasteiger partial charge in [-0.3, -0.25) is 9.59 Å². The summed E-state index contributed by atoms with van der Waals surface area (Å²) in [6.07, 6.45) is 2.73. The summed E-state index contributed by atoms with van der Waals surface area (Å²) in [5.74, 6) is 1.14. The minimum absolute atomic E-state index is 0.0311. The van der Waals surface area contributed by atoms with Crippen LogP contribution in [0, 0.1) is 0 Å². The van der Waals surface area contributed by atoms with E-state index in [9.17, 15) is 14.2 Å². The summed E-state index contributed by atoms with van der Waals surface area (Å²) in [6, 6.07) is 9.47. The molecule has 2 aromatic rings. The Hall–Kier alpha value is -2.79. The SMILES string of the molecule is COc1ccc(C(=O)P(=O)(C(=O)c2c(OC)cccc2OC)C2CCCC2)c(OC)c1. The molecule has 8 heteroatoms. The molecule has 1 saturated carbocycles. The molecule has 0 bridgehead atoms. The van der Waals surface area contributed by atoms with Gasteiger partial charge in [-0.05, 0) is 37.1 Å². The highest BCUT2D eigenvalue weighted by molar-refractivity contribution is 7.96. The van der Waals surface area contributed by atoms with Gasteiger partial charge in [0.2, 0.25) is 18.2 Å². The van der Waals surface area contributed by atoms with Crippen LogP contribution in [0.4, 0.5) is 0 Å². The molecule has 7 nitrogen and oxygen atoms in total. The normalized spacial score (nSPS) is 15.7. The molecular weight excluding hydrogens is 419 g/mol. The number of ether oxygens (including phenoxy) is 4. The number of carbonyl (C=O) groups is 2. The zero-order chi connectivity index (χ0) is 22.6. The van der Waals surface area contributed by atoms with E-state index in [2.05, 4.69) is 0 Å². The van der Waals surface area contributed by atoms with Crippen LogP contribution < -0.4 is 18.9 Å². The van der Waals surface area contributed by atoms with E-state index >= 15 is 0 Å². The number of methoxy groups -OCH3 is 4. The van der Waals surface area contributed by atoms with Gasteiger partial charge >= 0.3 is 0 Å². The van der Waals surface area contributed by atoms with E-state index in [0.29, 0.717) is 18.6 Å². The van der Waals surface area contributed by atoms with Crippen molar-refractivity contribution in [3.8, 4) is 23.0 Å². The average Bonchev–Trinajstić information content (AvgIpc) is 3.37. The number of hydrogen-bond donors (Lipinski definition) is 0. The third kappa shape index (κ3) is 4.07. The number of carbonyl (C=O) groups excluding carboxylic acids is 2. The van der Waals surface area contributed by atoms with Crippen LogP contribution in [0.3, 0.4) is 0 Å². The van der Waals surface area contributed by atoms with E-state index in [1.54, 1.807) is 30.3 Å². The van der Waals surface area contributed by atoms with E-state index in [4.69, 9.17) is 18.9 Å². The zero-order valence-corrected chi connectivity index (χ0v) is 19.1. The first kappa shape index (κ1) is 22.9. The van der Waals surface area contributed by atoms with Crippen LogP contribution >= 0.6 is 7.14 Å². The molecule has 166 valence electrons. The van der Waals surface area contributed by atoms with Gasteiger partial charge in [0.1, 0.15) is 28.6 Å². The van der Waals surface area contributed by atoms with Crippen molar-refractivity contribution in [3.63, 3.8) is 0 Å². The van der Waals surface area contributed by atoms with Gasteiger partial charge in [0.15, 0.2) is 0 Å². The van der Waals surface area contributed by atoms with Crippen molar-refractivity contribution in [3.05, 3.63) is 47.5 Å². The van der Waals surface area contributed by atoms with Crippen molar-refractivity contribution < 1.29 is 33.1 Å². The van der Waals surface area contributed by atoms with E-state index in [1.165, 1.54) is 34.5 Å². The molecular formula is C23H27O7P. The van der Waals surface area contributed by atoms with E-state index in [-0.39, 0.29) is 28.4 Å². The summed E-state index contributed by atoms with van der Waals surface area (Å²) < 4.78 is 35.7. The second kappa shape index (κ2) is 9.56. The highest BCUT2D eigenvalue weighted by atomic mass is 31.2. The highest BCUT2D eigenvalue weighted by Crippen LogP contribution is 2.62. The molecule has 1 atom stereocenters. The van der Waals surface area contributed by atoms with E-state index in [1.807, 2.05) is 0 Å². The molecule has 3 rings (SSSR count). The average molecular weight is 446 g/mol. The smallest absolute Gasteiger partial charge is 0.236 e. The second-order valence-electron chi connectivity index (χ2n) is 7.31. The predicted molar refractivity (Wildman–Crippen MR) is 118 cm³/mol. The van der Waals surface area contributed by atoms with Crippen LogP contribution in [0.25, 0.3) is 0 Å². The van der Waals surface area contributed by atoms with Crippen molar-refractivity contribution in [2.45, 2.75) is 31.3 Å². The van der Waals surface area contributed by atoms with Crippen LogP contribution in [0.1, 0.15) is 46.4 Å². The van der Waals surface area contributed by atoms with Crippen LogP contribution in [0.5, 0.6) is 23.0 Å². The molecule has 0 aliphatic heterocycles. The maximum Gasteiger partial charge on any atom is 0.236 e. The molecule has 0 spiro atoms. The van der Waals surface area contributed by atoms with Crippen LogP contribution in [-0.2, 0) is 4.57 Å². The molecule has 0 heterocycles. The Labute approximate surface area is 182 Å². The van der Waals surface area contributed by atoms with Crippen molar-refractivity contribution in [1.82, 2.24) is 0 Å². The minimum atomic E-state index is -4.10. The first-order valence-corrected chi connectivity index (χ1v) is 11.8. The third-order valence-electron chi connectivity index (χ3n) is 5.72. The maximum atomic E-state index is 14.5. The van der Waals surface area contributed by atoms with Crippen molar-refractivity contribution in [1.29, 1.82) is 0 Å². The monoisotopic (exact) mass is 446 g/mol. The molecule has 1 aliphatic rings. The highest BCUT2D eigenvalue weighted by Gasteiger charge is 2.50. The summed E-state index contributed by atoms with van der Waals surface area (Å²) >= 11 is 0. The third-order valence-corrected chi connectivity index (χ3v) is 8.94. The molecule has 1 aliphatic carbocycles.